The molecule has 2 fully saturated rings. The molecule has 110 valence electrons. The van der Waals surface area contributed by atoms with E-state index in [-0.39, 0.29) is 17.6 Å². The number of piperidine rings is 1. The van der Waals surface area contributed by atoms with Crippen LogP contribution in [-0.4, -0.2) is 26.5 Å². The first-order chi connectivity index (χ1) is 9.50. The second-order valence-electron chi connectivity index (χ2n) is 5.81. The topological polar surface area (TPSA) is 58.2 Å². The molecule has 6 heteroatoms. The summed E-state index contributed by atoms with van der Waals surface area (Å²) in [5.41, 5.74) is 0.607. The Kier molecular flexibility index (Phi) is 3.79. The van der Waals surface area contributed by atoms with E-state index in [2.05, 4.69) is 10.0 Å². The summed E-state index contributed by atoms with van der Waals surface area (Å²) in [6.45, 7) is 0. The molecule has 1 aromatic carbocycles. The summed E-state index contributed by atoms with van der Waals surface area (Å²) >= 11 is 0. The van der Waals surface area contributed by atoms with E-state index >= 15 is 0 Å². The Hall–Kier alpha value is -0.980. The van der Waals surface area contributed by atoms with Crippen LogP contribution in [0, 0.1) is 5.82 Å². The van der Waals surface area contributed by atoms with Gasteiger partial charge in [0.15, 0.2) is 0 Å². The molecule has 2 aliphatic rings. The Morgan fingerprint density at radius 2 is 1.75 bits per heavy atom. The molecular weight excluding hydrogens is 279 g/mol. The SMILES string of the molecule is O=S(=O)(Cc1ccc(F)cc1)NC1CC2CCC(C1)N2. The summed E-state index contributed by atoms with van der Waals surface area (Å²) in [6.07, 6.45) is 4.00. The van der Waals surface area contributed by atoms with Crippen molar-refractivity contribution in [1.29, 1.82) is 0 Å². The highest BCUT2D eigenvalue weighted by Crippen LogP contribution is 2.27. The van der Waals surface area contributed by atoms with E-state index in [0.29, 0.717) is 17.6 Å². The molecule has 1 aromatic rings. The Balaban J connectivity index is 1.62. The average molecular weight is 298 g/mol. The van der Waals surface area contributed by atoms with E-state index in [1.54, 1.807) is 0 Å². The Bertz CT molecular complexity index is 561. The lowest BCUT2D eigenvalue weighted by molar-refractivity contribution is 0.345. The quantitative estimate of drug-likeness (QED) is 0.886. The van der Waals surface area contributed by atoms with E-state index in [1.165, 1.54) is 24.3 Å². The molecule has 0 radical (unpaired) electrons. The average Bonchev–Trinajstić information content (AvgIpc) is 2.71. The summed E-state index contributed by atoms with van der Waals surface area (Å²) < 4.78 is 39.9. The first-order valence-corrected chi connectivity index (χ1v) is 8.66. The van der Waals surface area contributed by atoms with Crippen molar-refractivity contribution in [3.63, 3.8) is 0 Å². The molecule has 2 bridgehead atoms. The molecule has 2 N–H and O–H groups in total. The van der Waals surface area contributed by atoms with Crippen LogP contribution in [0.1, 0.15) is 31.2 Å². The minimum atomic E-state index is -3.37. The minimum absolute atomic E-state index is 0.0270. The normalized spacial score (nSPS) is 29.6. The van der Waals surface area contributed by atoms with Crippen LogP contribution >= 0.6 is 0 Å². The number of benzene rings is 1. The van der Waals surface area contributed by atoms with E-state index in [0.717, 1.165) is 25.7 Å². The molecule has 0 spiro atoms. The number of halogens is 1. The third-order valence-electron chi connectivity index (χ3n) is 4.09. The van der Waals surface area contributed by atoms with Crippen molar-refractivity contribution in [1.82, 2.24) is 10.0 Å². The van der Waals surface area contributed by atoms with Gasteiger partial charge in [0.05, 0.1) is 5.75 Å². The van der Waals surface area contributed by atoms with Crippen LogP contribution in [0.5, 0.6) is 0 Å². The number of rotatable bonds is 4. The maximum atomic E-state index is 12.8. The van der Waals surface area contributed by atoms with Crippen LogP contribution in [0.25, 0.3) is 0 Å². The van der Waals surface area contributed by atoms with Gasteiger partial charge in [0, 0.05) is 18.1 Å². The third-order valence-corrected chi connectivity index (χ3v) is 5.50. The highest BCUT2D eigenvalue weighted by atomic mass is 32.2. The molecule has 0 aliphatic carbocycles. The Morgan fingerprint density at radius 1 is 1.15 bits per heavy atom. The molecule has 2 unspecified atom stereocenters. The second kappa shape index (κ2) is 5.42. The van der Waals surface area contributed by atoms with Crippen LogP contribution in [0.3, 0.4) is 0 Å². The van der Waals surface area contributed by atoms with Crippen LogP contribution in [0.4, 0.5) is 4.39 Å². The van der Waals surface area contributed by atoms with Crippen LogP contribution in [0.2, 0.25) is 0 Å². The highest BCUT2D eigenvalue weighted by Gasteiger charge is 2.34. The third kappa shape index (κ3) is 3.37. The van der Waals surface area contributed by atoms with E-state index in [9.17, 15) is 12.8 Å². The molecule has 3 rings (SSSR count). The van der Waals surface area contributed by atoms with Gasteiger partial charge < -0.3 is 5.32 Å². The minimum Gasteiger partial charge on any atom is -0.311 e. The van der Waals surface area contributed by atoms with E-state index in [1.807, 2.05) is 0 Å². The zero-order chi connectivity index (χ0) is 14.2. The number of sulfonamides is 1. The zero-order valence-electron chi connectivity index (χ0n) is 11.2. The van der Waals surface area contributed by atoms with Gasteiger partial charge in [-0.1, -0.05) is 12.1 Å². The summed E-state index contributed by atoms with van der Waals surface area (Å²) in [4.78, 5) is 0. The summed E-state index contributed by atoms with van der Waals surface area (Å²) in [6, 6.07) is 6.53. The maximum absolute atomic E-state index is 12.8. The lowest BCUT2D eigenvalue weighted by atomic mass is 10.0. The van der Waals surface area contributed by atoms with Crippen molar-refractivity contribution < 1.29 is 12.8 Å². The smallest absolute Gasteiger partial charge is 0.216 e. The number of fused-ring (bicyclic) bond motifs is 2. The highest BCUT2D eigenvalue weighted by molar-refractivity contribution is 7.88. The number of hydrogen-bond acceptors (Lipinski definition) is 3. The molecule has 2 atom stereocenters. The first-order valence-electron chi connectivity index (χ1n) is 7.01. The Morgan fingerprint density at radius 3 is 2.35 bits per heavy atom. The predicted octanol–water partition coefficient (Wildman–Crippen LogP) is 1.53. The van der Waals surface area contributed by atoms with Crippen LogP contribution in [-0.2, 0) is 15.8 Å². The van der Waals surface area contributed by atoms with Crippen molar-refractivity contribution in [2.24, 2.45) is 0 Å². The van der Waals surface area contributed by atoms with Crippen molar-refractivity contribution in [3.05, 3.63) is 35.6 Å². The van der Waals surface area contributed by atoms with Gasteiger partial charge in [0.2, 0.25) is 10.0 Å². The van der Waals surface area contributed by atoms with Gasteiger partial charge >= 0.3 is 0 Å². The first kappa shape index (κ1) is 14.0. The monoisotopic (exact) mass is 298 g/mol. The molecule has 4 nitrogen and oxygen atoms in total. The van der Waals surface area contributed by atoms with E-state index in [4.69, 9.17) is 0 Å². The Labute approximate surface area is 118 Å². The van der Waals surface area contributed by atoms with Gasteiger partial charge in [-0.15, -0.1) is 0 Å². The largest absolute Gasteiger partial charge is 0.311 e. The van der Waals surface area contributed by atoms with E-state index < -0.39 is 10.0 Å². The number of hydrogen-bond donors (Lipinski definition) is 2. The van der Waals surface area contributed by atoms with Gasteiger partial charge in [-0.05, 0) is 43.4 Å². The maximum Gasteiger partial charge on any atom is 0.216 e. The summed E-state index contributed by atoms with van der Waals surface area (Å²) in [7, 11) is -3.37. The number of nitrogens with one attached hydrogen (secondary N) is 2. The molecule has 2 aliphatic heterocycles. The van der Waals surface area contributed by atoms with Gasteiger partial charge in [0.1, 0.15) is 5.82 Å². The fraction of sp³-hybridized carbons (Fsp3) is 0.571. The fourth-order valence-electron chi connectivity index (χ4n) is 3.25. The summed E-state index contributed by atoms with van der Waals surface area (Å²) in [5.74, 6) is -0.443. The second-order valence-corrected chi connectivity index (χ2v) is 7.56. The molecule has 20 heavy (non-hydrogen) atoms. The van der Waals surface area contributed by atoms with Gasteiger partial charge in [-0.3, -0.25) is 0 Å². The van der Waals surface area contributed by atoms with Gasteiger partial charge in [0.25, 0.3) is 0 Å². The van der Waals surface area contributed by atoms with Crippen molar-refractivity contribution in [2.45, 2.75) is 49.6 Å². The summed E-state index contributed by atoms with van der Waals surface area (Å²) in [5, 5.41) is 3.49. The molecule has 0 aromatic heterocycles. The van der Waals surface area contributed by atoms with Crippen molar-refractivity contribution in [2.75, 3.05) is 0 Å². The molecule has 2 saturated heterocycles. The van der Waals surface area contributed by atoms with Gasteiger partial charge in [-0.2, -0.15) is 0 Å². The molecular formula is C14H19FN2O2S. The lowest BCUT2D eigenvalue weighted by Gasteiger charge is -2.29. The fourth-order valence-corrected chi connectivity index (χ4v) is 4.66. The van der Waals surface area contributed by atoms with Gasteiger partial charge in [-0.25, -0.2) is 17.5 Å². The van der Waals surface area contributed by atoms with Crippen LogP contribution < -0.4 is 10.0 Å². The van der Waals surface area contributed by atoms with Crippen molar-refractivity contribution in [3.8, 4) is 0 Å². The lowest BCUT2D eigenvalue weighted by Crippen LogP contribution is -2.48. The predicted molar refractivity (Wildman–Crippen MR) is 75.1 cm³/mol. The van der Waals surface area contributed by atoms with Crippen LogP contribution in [0.15, 0.2) is 24.3 Å². The zero-order valence-corrected chi connectivity index (χ0v) is 12.0. The molecule has 0 saturated carbocycles. The molecule has 2 heterocycles. The molecule has 0 amide bonds. The van der Waals surface area contributed by atoms with Crippen molar-refractivity contribution >= 4 is 10.0 Å². The standard InChI is InChI=1S/C14H19FN2O2S/c15-11-3-1-10(2-4-11)9-20(18,19)17-14-7-12-5-6-13(8-14)16-12/h1-4,12-14,16-17H,5-9H2.